The SMILES string of the molecule is O=C(O)c1n[nH]c2ccc(Br)c([N+](=O)[O-])c12. The zero-order valence-corrected chi connectivity index (χ0v) is 9.19. The van der Waals surface area contributed by atoms with Crippen LogP contribution in [0.25, 0.3) is 10.9 Å². The van der Waals surface area contributed by atoms with Crippen molar-refractivity contribution in [3.63, 3.8) is 0 Å². The second-order valence-corrected chi connectivity index (χ2v) is 3.81. The summed E-state index contributed by atoms with van der Waals surface area (Å²) in [5, 5.41) is 25.7. The number of hydrogen-bond donors (Lipinski definition) is 2. The predicted molar refractivity (Wildman–Crippen MR) is 57.4 cm³/mol. The van der Waals surface area contributed by atoms with Gasteiger partial charge in [0.25, 0.3) is 5.69 Å². The number of rotatable bonds is 2. The lowest BCUT2D eigenvalue weighted by molar-refractivity contribution is -0.383. The van der Waals surface area contributed by atoms with Crippen molar-refractivity contribution in [3.8, 4) is 0 Å². The fraction of sp³-hybridized carbons (Fsp3) is 0. The maximum atomic E-state index is 10.8. The average Bonchev–Trinajstić information content (AvgIpc) is 2.60. The van der Waals surface area contributed by atoms with E-state index >= 15 is 0 Å². The summed E-state index contributed by atoms with van der Waals surface area (Å²) in [5.74, 6) is -1.31. The van der Waals surface area contributed by atoms with Crippen molar-refractivity contribution in [1.82, 2.24) is 10.2 Å². The molecule has 0 spiro atoms. The highest BCUT2D eigenvalue weighted by Gasteiger charge is 2.25. The maximum absolute atomic E-state index is 10.8. The van der Waals surface area contributed by atoms with Gasteiger partial charge in [0.05, 0.1) is 14.9 Å². The number of nitrogens with one attached hydrogen (secondary N) is 1. The molecule has 2 rings (SSSR count). The molecule has 8 heteroatoms. The number of aromatic amines is 1. The molecular weight excluding hydrogens is 282 g/mol. The van der Waals surface area contributed by atoms with Crippen molar-refractivity contribution in [3.05, 3.63) is 32.4 Å². The van der Waals surface area contributed by atoms with Crippen LogP contribution in [0.2, 0.25) is 0 Å². The van der Waals surface area contributed by atoms with Gasteiger partial charge in [-0.1, -0.05) is 0 Å². The number of aromatic nitrogens is 2. The quantitative estimate of drug-likeness (QED) is 0.647. The number of halogens is 1. The summed E-state index contributed by atoms with van der Waals surface area (Å²) >= 11 is 3.01. The molecule has 0 fully saturated rings. The van der Waals surface area contributed by atoms with Crippen molar-refractivity contribution < 1.29 is 14.8 Å². The van der Waals surface area contributed by atoms with E-state index < -0.39 is 10.9 Å². The van der Waals surface area contributed by atoms with Crippen molar-refractivity contribution >= 4 is 38.5 Å². The van der Waals surface area contributed by atoms with Crippen LogP contribution >= 0.6 is 15.9 Å². The van der Waals surface area contributed by atoms with E-state index in [1.165, 1.54) is 12.1 Å². The summed E-state index contributed by atoms with van der Waals surface area (Å²) in [4.78, 5) is 21.0. The Hall–Kier alpha value is -1.96. The van der Waals surface area contributed by atoms with Crippen molar-refractivity contribution in [2.75, 3.05) is 0 Å². The van der Waals surface area contributed by atoms with E-state index in [1.54, 1.807) is 0 Å². The molecular formula is C8H4BrN3O4. The van der Waals surface area contributed by atoms with Gasteiger partial charge in [0.2, 0.25) is 0 Å². The average molecular weight is 286 g/mol. The minimum absolute atomic E-state index is 0.00752. The number of nitrogens with zero attached hydrogens (tertiary/aromatic N) is 2. The molecule has 0 radical (unpaired) electrons. The van der Waals surface area contributed by atoms with Crippen LogP contribution in [0, 0.1) is 10.1 Å². The van der Waals surface area contributed by atoms with Gasteiger partial charge in [-0.2, -0.15) is 5.10 Å². The van der Waals surface area contributed by atoms with Gasteiger partial charge in [0.15, 0.2) is 5.69 Å². The molecule has 0 aliphatic rings. The van der Waals surface area contributed by atoms with E-state index in [-0.39, 0.29) is 21.2 Å². The molecule has 2 N–H and O–H groups in total. The van der Waals surface area contributed by atoms with Gasteiger partial charge in [0.1, 0.15) is 5.39 Å². The van der Waals surface area contributed by atoms with E-state index in [4.69, 9.17) is 5.11 Å². The molecule has 16 heavy (non-hydrogen) atoms. The van der Waals surface area contributed by atoms with Crippen LogP contribution in [0.1, 0.15) is 10.5 Å². The molecule has 2 aromatic rings. The number of aromatic carboxylic acids is 1. The third kappa shape index (κ3) is 1.43. The Morgan fingerprint density at radius 3 is 2.81 bits per heavy atom. The van der Waals surface area contributed by atoms with Gasteiger partial charge in [-0.25, -0.2) is 4.79 Å². The second kappa shape index (κ2) is 3.56. The van der Waals surface area contributed by atoms with E-state index in [2.05, 4.69) is 26.1 Å². The maximum Gasteiger partial charge on any atom is 0.357 e. The summed E-state index contributed by atoms with van der Waals surface area (Å²) in [6.45, 7) is 0. The molecule has 7 nitrogen and oxygen atoms in total. The summed E-state index contributed by atoms with van der Waals surface area (Å²) in [6, 6.07) is 2.98. The number of carboxylic acid groups (broad SMARTS) is 1. The molecule has 1 aromatic heterocycles. The molecule has 1 aromatic carbocycles. The molecule has 0 amide bonds. The number of nitro groups is 1. The first-order valence-electron chi connectivity index (χ1n) is 4.06. The van der Waals surface area contributed by atoms with E-state index in [9.17, 15) is 14.9 Å². The minimum atomic E-state index is -1.31. The molecule has 0 aliphatic carbocycles. The fourth-order valence-corrected chi connectivity index (χ4v) is 1.88. The number of carbonyl (C=O) groups is 1. The van der Waals surface area contributed by atoms with Gasteiger partial charge in [-0.15, -0.1) is 0 Å². The summed E-state index contributed by atoms with van der Waals surface area (Å²) in [7, 11) is 0. The molecule has 0 unspecified atom stereocenters. The van der Waals surface area contributed by atoms with Gasteiger partial charge in [-0.3, -0.25) is 15.2 Å². The lowest BCUT2D eigenvalue weighted by Crippen LogP contribution is -1.99. The van der Waals surface area contributed by atoms with Gasteiger partial charge in [-0.05, 0) is 28.1 Å². The van der Waals surface area contributed by atoms with Crippen molar-refractivity contribution in [2.24, 2.45) is 0 Å². The second-order valence-electron chi connectivity index (χ2n) is 2.95. The highest BCUT2D eigenvalue weighted by molar-refractivity contribution is 9.10. The highest BCUT2D eigenvalue weighted by atomic mass is 79.9. The molecule has 0 saturated carbocycles. The number of hydrogen-bond acceptors (Lipinski definition) is 4. The molecule has 0 atom stereocenters. The molecule has 0 aliphatic heterocycles. The normalized spacial score (nSPS) is 10.6. The van der Waals surface area contributed by atoms with Crippen LogP contribution in [0.3, 0.4) is 0 Å². The molecule has 0 saturated heterocycles. The van der Waals surface area contributed by atoms with E-state index in [1.807, 2.05) is 0 Å². The van der Waals surface area contributed by atoms with Crippen LogP contribution in [-0.2, 0) is 0 Å². The first-order chi connectivity index (χ1) is 7.52. The topological polar surface area (TPSA) is 109 Å². The third-order valence-corrected chi connectivity index (χ3v) is 2.68. The van der Waals surface area contributed by atoms with Crippen LogP contribution in [0.4, 0.5) is 5.69 Å². The zero-order valence-electron chi connectivity index (χ0n) is 7.60. The predicted octanol–water partition coefficient (Wildman–Crippen LogP) is 1.93. The Balaban J connectivity index is 2.93. The summed E-state index contributed by atoms with van der Waals surface area (Å²) in [6.07, 6.45) is 0. The van der Waals surface area contributed by atoms with Crippen molar-refractivity contribution in [2.45, 2.75) is 0 Å². The summed E-state index contributed by atoms with van der Waals surface area (Å²) < 4.78 is 0.217. The highest BCUT2D eigenvalue weighted by Crippen LogP contribution is 2.34. The third-order valence-electron chi connectivity index (χ3n) is 2.04. The Morgan fingerprint density at radius 1 is 1.56 bits per heavy atom. The van der Waals surface area contributed by atoms with E-state index in [0.29, 0.717) is 5.52 Å². The Morgan fingerprint density at radius 2 is 2.25 bits per heavy atom. The monoisotopic (exact) mass is 285 g/mol. The Bertz CT molecular complexity index is 607. The first-order valence-corrected chi connectivity index (χ1v) is 4.86. The van der Waals surface area contributed by atoms with Crippen molar-refractivity contribution in [1.29, 1.82) is 0 Å². The number of carboxylic acids is 1. The van der Waals surface area contributed by atoms with Crippen LogP contribution in [-0.4, -0.2) is 26.2 Å². The zero-order chi connectivity index (χ0) is 11.9. The van der Waals surface area contributed by atoms with Gasteiger partial charge < -0.3 is 5.11 Å². The summed E-state index contributed by atoms with van der Waals surface area (Å²) in [5.41, 5.74) is -0.348. The Labute approximate surface area is 96.4 Å². The van der Waals surface area contributed by atoms with E-state index in [0.717, 1.165) is 0 Å². The number of fused-ring (bicyclic) bond motifs is 1. The largest absolute Gasteiger partial charge is 0.476 e. The molecule has 82 valence electrons. The fourth-order valence-electron chi connectivity index (χ4n) is 1.40. The van der Waals surface area contributed by atoms with Crippen LogP contribution < -0.4 is 0 Å². The van der Waals surface area contributed by atoms with Crippen LogP contribution in [0.15, 0.2) is 16.6 Å². The van der Waals surface area contributed by atoms with Gasteiger partial charge in [0, 0.05) is 0 Å². The smallest absolute Gasteiger partial charge is 0.357 e. The first kappa shape index (κ1) is 10.6. The lowest BCUT2D eigenvalue weighted by Gasteiger charge is -1.97. The number of benzene rings is 1. The van der Waals surface area contributed by atoms with Crippen LogP contribution in [0.5, 0.6) is 0 Å². The standard InChI is InChI=1S/C8H4BrN3O4/c9-3-1-2-4-5(7(3)12(15)16)6(8(13)14)11-10-4/h1-2H,(H,10,11)(H,13,14). The number of nitro benzene ring substituents is 1. The molecule has 1 heterocycles. The lowest BCUT2D eigenvalue weighted by atomic mass is 10.2. The number of H-pyrrole nitrogens is 1. The minimum Gasteiger partial charge on any atom is -0.476 e. The molecule has 0 bridgehead atoms. The Kier molecular flexibility index (Phi) is 2.35. The van der Waals surface area contributed by atoms with Gasteiger partial charge >= 0.3 is 5.97 Å².